The molecule has 1 aromatic carbocycles. The van der Waals surface area contributed by atoms with Crippen LogP contribution in [0.5, 0.6) is 5.75 Å². The maximum absolute atomic E-state index is 12.6. The molecule has 1 aliphatic rings. The number of aromatic hydroxyl groups is 1. The Morgan fingerprint density at radius 1 is 1.38 bits per heavy atom. The molecule has 1 aliphatic heterocycles. The van der Waals surface area contributed by atoms with Gasteiger partial charge in [-0.2, -0.15) is 0 Å². The first-order valence-corrected chi connectivity index (χ1v) is 6.65. The number of aliphatic carboxylic acids is 1. The summed E-state index contributed by atoms with van der Waals surface area (Å²) in [6.45, 7) is 2.71. The van der Waals surface area contributed by atoms with Crippen LogP contribution in [-0.2, 0) is 9.53 Å². The highest BCUT2D eigenvalue weighted by atomic mass is 16.5. The number of nitrogens with zero attached hydrogens (tertiary/aromatic N) is 2. The smallest absolute Gasteiger partial charge is 0.325 e. The van der Waals surface area contributed by atoms with Crippen molar-refractivity contribution in [2.75, 3.05) is 31.2 Å². The molecule has 114 valence electrons. The summed E-state index contributed by atoms with van der Waals surface area (Å²) in [4.78, 5) is 26.4. The number of hydrogen-bond acceptors (Lipinski definition) is 4. The lowest BCUT2D eigenvalue weighted by atomic mass is 10.2. The van der Waals surface area contributed by atoms with Crippen molar-refractivity contribution in [1.82, 2.24) is 4.90 Å². The molecule has 1 aromatic rings. The third kappa shape index (κ3) is 3.63. The normalized spacial score (nSPS) is 18.3. The molecule has 1 heterocycles. The number of morpholine rings is 1. The Bertz CT molecular complexity index is 517. The molecule has 0 spiro atoms. The molecular formula is C14H18N2O5. The molecular weight excluding hydrogens is 276 g/mol. The minimum Gasteiger partial charge on any atom is -0.508 e. The van der Waals surface area contributed by atoms with Crippen LogP contribution in [0.4, 0.5) is 10.5 Å². The van der Waals surface area contributed by atoms with E-state index < -0.39 is 12.5 Å². The zero-order valence-electron chi connectivity index (χ0n) is 11.7. The fourth-order valence-corrected chi connectivity index (χ4v) is 2.20. The van der Waals surface area contributed by atoms with Crippen molar-refractivity contribution in [3.63, 3.8) is 0 Å². The van der Waals surface area contributed by atoms with E-state index in [0.717, 1.165) is 0 Å². The van der Waals surface area contributed by atoms with Gasteiger partial charge in [0.25, 0.3) is 0 Å². The van der Waals surface area contributed by atoms with Crippen molar-refractivity contribution in [1.29, 1.82) is 0 Å². The van der Waals surface area contributed by atoms with E-state index in [1.165, 1.54) is 29.2 Å². The molecule has 1 fully saturated rings. The SMILES string of the molecule is CC1COCCN1C(=O)N(CC(=O)O)c1ccc(O)cc1. The van der Waals surface area contributed by atoms with E-state index in [2.05, 4.69) is 0 Å². The van der Waals surface area contributed by atoms with Gasteiger partial charge in [-0.15, -0.1) is 0 Å². The molecule has 0 aliphatic carbocycles. The Balaban J connectivity index is 2.24. The van der Waals surface area contributed by atoms with E-state index in [0.29, 0.717) is 25.4 Å². The van der Waals surface area contributed by atoms with Crippen LogP contribution in [0, 0.1) is 0 Å². The Hall–Kier alpha value is -2.28. The highest BCUT2D eigenvalue weighted by molar-refractivity contribution is 5.96. The minimum absolute atomic E-state index is 0.0567. The number of phenols is 1. The number of ether oxygens (including phenoxy) is 1. The lowest BCUT2D eigenvalue weighted by Crippen LogP contribution is -2.53. The molecule has 21 heavy (non-hydrogen) atoms. The number of carbonyl (C=O) groups is 2. The molecule has 1 unspecified atom stereocenters. The number of carboxylic acid groups (broad SMARTS) is 1. The summed E-state index contributed by atoms with van der Waals surface area (Å²) >= 11 is 0. The fraction of sp³-hybridized carbons (Fsp3) is 0.429. The summed E-state index contributed by atoms with van der Waals surface area (Å²) in [5.41, 5.74) is 0.430. The Labute approximate surface area is 122 Å². The average molecular weight is 294 g/mol. The number of hydrogen-bond donors (Lipinski definition) is 2. The molecule has 2 N–H and O–H groups in total. The van der Waals surface area contributed by atoms with Gasteiger partial charge in [0.15, 0.2) is 0 Å². The standard InChI is InChI=1S/C14H18N2O5/c1-10-9-21-7-6-15(10)14(20)16(8-13(18)19)11-2-4-12(17)5-3-11/h2-5,10,17H,6-9H2,1H3,(H,18,19). The molecule has 7 heteroatoms. The second-order valence-corrected chi connectivity index (χ2v) is 4.90. The van der Waals surface area contributed by atoms with Gasteiger partial charge in [-0.3, -0.25) is 9.69 Å². The van der Waals surface area contributed by atoms with Crippen molar-refractivity contribution in [3.05, 3.63) is 24.3 Å². The van der Waals surface area contributed by atoms with Gasteiger partial charge in [0.05, 0.1) is 19.3 Å². The Kier molecular flexibility index (Phi) is 4.64. The lowest BCUT2D eigenvalue weighted by molar-refractivity contribution is -0.135. The summed E-state index contributed by atoms with van der Waals surface area (Å²) < 4.78 is 5.28. The van der Waals surface area contributed by atoms with E-state index in [1.807, 2.05) is 6.92 Å². The topological polar surface area (TPSA) is 90.3 Å². The highest BCUT2D eigenvalue weighted by Gasteiger charge is 2.29. The second kappa shape index (κ2) is 6.45. The van der Waals surface area contributed by atoms with E-state index in [1.54, 1.807) is 4.90 Å². The number of benzene rings is 1. The number of anilines is 1. The number of rotatable bonds is 3. The molecule has 2 amide bonds. The van der Waals surface area contributed by atoms with Crippen LogP contribution in [0.1, 0.15) is 6.92 Å². The number of amides is 2. The third-order valence-corrected chi connectivity index (χ3v) is 3.30. The molecule has 1 atom stereocenters. The van der Waals surface area contributed by atoms with Gasteiger partial charge in [0.2, 0.25) is 0 Å². The van der Waals surface area contributed by atoms with Gasteiger partial charge < -0.3 is 19.8 Å². The first-order valence-electron chi connectivity index (χ1n) is 6.65. The molecule has 1 saturated heterocycles. The number of carboxylic acids is 1. The van der Waals surface area contributed by atoms with Gasteiger partial charge in [0.1, 0.15) is 12.3 Å². The van der Waals surface area contributed by atoms with E-state index in [9.17, 15) is 14.7 Å². The zero-order valence-corrected chi connectivity index (χ0v) is 11.7. The number of phenolic OH excluding ortho intramolecular Hbond substituents is 1. The summed E-state index contributed by atoms with van der Waals surface area (Å²) in [5.74, 6) is -1.04. The maximum Gasteiger partial charge on any atom is 0.325 e. The summed E-state index contributed by atoms with van der Waals surface area (Å²) in [6, 6.07) is 5.38. The first kappa shape index (κ1) is 15.1. The molecule has 0 saturated carbocycles. The minimum atomic E-state index is -1.10. The van der Waals surface area contributed by atoms with Gasteiger partial charge in [-0.1, -0.05) is 0 Å². The summed E-state index contributed by atoms with van der Waals surface area (Å²) in [7, 11) is 0. The second-order valence-electron chi connectivity index (χ2n) is 4.90. The van der Waals surface area contributed by atoms with Crippen LogP contribution in [0.3, 0.4) is 0 Å². The molecule has 2 rings (SSSR count). The Morgan fingerprint density at radius 2 is 2.05 bits per heavy atom. The first-order chi connectivity index (χ1) is 9.99. The lowest BCUT2D eigenvalue weighted by Gasteiger charge is -2.36. The van der Waals surface area contributed by atoms with Gasteiger partial charge in [-0.05, 0) is 31.2 Å². The largest absolute Gasteiger partial charge is 0.508 e. The highest BCUT2D eigenvalue weighted by Crippen LogP contribution is 2.21. The van der Waals surface area contributed by atoms with Crippen LogP contribution >= 0.6 is 0 Å². The van der Waals surface area contributed by atoms with Gasteiger partial charge in [-0.25, -0.2) is 4.79 Å². The molecule has 0 aromatic heterocycles. The molecule has 0 bridgehead atoms. The Morgan fingerprint density at radius 3 is 2.62 bits per heavy atom. The quantitative estimate of drug-likeness (QED) is 0.872. The van der Waals surface area contributed by atoms with E-state index in [-0.39, 0.29) is 17.8 Å². The predicted octanol–water partition coefficient (Wildman–Crippen LogP) is 1.12. The molecule has 7 nitrogen and oxygen atoms in total. The molecule has 0 radical (unpaired) electrons. The zero-order chi connectivity index (χ0) is 15.4. The average Bonchev–Trinajstić information content (AvgIpc) is 2.45. The van der Waals surface area contributed by atoms with Crippen LogP contribution in [0.15, 0.2) is 24.3 Å². The number of carbonyl (C=O) groups excluding carboxylic acids is 1. The summed E-state index contributed by atoms with van der Waals surface area (Å²) in [6.07, 6.45) is 0. The van der Waals surface area contributed by atoms with Crippen molar-refractivity contribution in [2.24, 2.45) is 0 Å². The van der Waals surface area contributed by atoms with E-state index >= 15 is 0 Å². The van der Waals surface area contributed by atoms with Crippen molar-refractivity contribution >= 4 is 17.7 Å². The monoisotopic (exact) mass is 294 g/mol. The van der Waals surface area contributed by atoms with Crippen LogP contribution in [-0.4, -0.2) is 59.5 Å². The van der Waals surface area contributed by atoms with Crippen molar-refractivity contribution < 1.29 is 24.5 Å². The maximum atomic E-state index is 12.6. The van der Waals surface area contributed by atoms with Gasteiger partial charge in [0, 0.05) is 12.2 Å². The van der Waals surface area contributed by atoms with Crippen LogP contribution in [0.2, 0.25) is 0 Å². The van der Waals surface area contributed by atoms with Gasteiger partial charge >= 0.3 is 12.0 Å². The van der Waals surface area contributed by atoms with Crippen LogP contribution in [0.25, 0.3) is 0 Å². The van der Waals surface area contributed by atoms with Crippen molar-refractivity contribution in [2.45, 2.75) is 13.0 Å². The third-order valence-electron chi connectivity index (χ3n) is 3.30. The summed E-state index contributed by atoms with van der Waals surface area (Å²) in [5, 5.41) is 18.3. The van der Waals surface area contributed by atoms with E-state index in [4.69, 9.17) is 9.84 Å². The van der Waals surface area contributed by atoms with Crippen LogP contribution < -0.4 is 4.90 Å². The number of urea groups is 1. The predicted molar refractivity (Wildman–Crippen MR) is 75.5 cm³/mol. The fourth-order valence-electron chi connectivity index (χ4n) is 2.20. The van der Waals surface area contributed by atoms with Crippen molar-refractivity contribution in [3.8, 4) is 5.75 Å².